The molecule has 1 N–H and O–H groups in total. The highest BCUT2D eigenvalue weighted by Crippen LogP contribution is 2.26. The number of phenols is 1. The van der Waals surface area contributed by atoms with Gasteiger partial charge in [-0.2, -0.15) is 0 Å². The average Bonchev–Trinajstić information content (AvgIpc) is 2.82. The second-order valence-electron chi connectivity index (χ2n) is 5.15. The van der Waals surface area contributed by atoms with Gasteiger partial charge in [0.2, 0.25) is 0 Å². The van der Waals surface area contributed by atoms with Crippen molar-refractivity contribution in [3.63, 3.8) is 0 Å². The summed E-state index contributed by atoms with van der Waals surface area (Å²) in [5.74, 6) is 0.245. The van der Waals surface area contributed by atoms with Gasteiger partial charge in [-0.25, -0.2) is 0 Å². The van der Waals surface area contributed by atoms with Gasteiger partial charge in [0, 0.05) is 43.8 Å². The fraction of sp³-hybridized carbons (Fsp3) is 0.467. The van der Waals surface area contributed by atoms with Crippen LogP contribution in [0.25, 0.3) is 11.0 Å². The van der Waals surface area contributed by atoms with Gasteiger partial charge in [0.1, 0.15) is 11.3 Å². The smallest absolute Gasteiger partial charge is 0.137 e. The molecule has 1 aliphatic heterocycles. The topological polar surface area (TPSA) is 45.8 Å². The molecule has 3 rings (SSSR count). The molecule has 4 nitrogen and oxygen atoms in total. The lowest BCUT2D eigenvalue weighted by Crippen LogP contribution is -2.36. The first kappa shape index (κ1) is 12.5. The standard InChI is InChI=1S/C15H19NO3/c1-18-13-4-6-16(7-5-13)9-11-10-19-15-8-12(17)2-3-14(11)15/h2-3,8,10,13,17H,4-7,9H2,1H3. The minimum Gasteiger partial charge on any atom is -0.508 e. The van der Waals surface area contributed by atoms with E-state index in [0.717, 1.165) is 43.4 Å². The highest BCUT2D eigenvalue weighted by Gasteiger charge is 2.19. The molecule has 4 heteroatoms. The summed E-state index contributed by atoms with van der Waals surface area (Å²) in [6.07, 6.45) is 4.39. The van der Waals surface area contributed by atoms with Crippen molar-refractivity contribution in [3.8, 4) is 5.75 Å². The zero-order chi connectivity index (χ0) is 13.2. The minimum absolute atomic E-state index is 0.245. The normalized spacial score (nSPS) is 18.2. The molecule has 0 unspecified atom stereocenters. The maximum atomic E-state index is 9.43. The number of fused-ring (bicyclic) bond motifs is 1. The summed E-state index contributed by atoms with van der Waals surface area (Å²) >= 11 is 0. The van der Waals surface area contributed by atoms with Crippen LogP contribution in [0.5, 0.6) is 5.75 Å². The number of aromatic hydroxyl groups is 1. The Kier molecular flexibility index (Phi) is 3.44. The first-order valence-corrected chi connectivity index (χ1v) is 6.70. The van der Waals surface area contributed by atoms with E-state index in [9.17, 15) is 5.11 Å². The predicted octanol–water partition coefficient (Wildman–Crippen LogP) is 2.75. The van der Waals surface area contributed by atoms with Gasteiger partial charge >= 0.3 is 0 Å². The molecule has 1 aromatic carbocycles. The minimum atomic E-state index is 0.245. The van der Waals surface area contributed by atoms with Crippen molar-refractivity contribution in [1.29, 1.82) is 0 Å². The first-order valence-electron chi connectivity index (χ1n) is 6.70. The molecule has 19 heavy (non-hydrogen) atoms. The zero-order valence-corrected chi connectivity index (χ0v) is 11.1. The van der Waals surface area contributed by atoms with Crippen molar-refractivity contribution < 1.29 is 14.3 Å². The highest BCUT2D eigenvalue weighted by molar-refractivity contribution is 5.82. The molecule has 2 aromatic rings. The molecule has 1 aliphatic rings. The molecule has 2 heterocycles. The fourth-order valence-corrected chi connectivity index (χ4v) is 2.74. The van der Waals surface area contributed by atoms with Gasteiger partial charge in [-0.05, 0) is 25.0 Å². The molecule has 0 amide bonds. The molecule has 102 valence electrons. The van der Waals surface area contributed by atoms with Gasteiger partial charge in [-0.15, -0.1) is 0 Å². The van der Waals surface area contributed by atoms with Crippen LogP contribution in [0.1, 0.15) is 18.4 Å². The van der Waals surface area contributed by atoms with Gasteiger partial charge in [0.15, 0.2) is 0 Å². The van der Waals surface area contributed by atoms with Crippen molar-refractivity contribution in [2.24, 2.45) is 0 Å². The molecule has 0 aliphatic carbocycles. The third kappa shape index (κ3) is 2.60. The Balaban J connectivity index is 1.72. The summed E-state index contributed by atoms with van der Waals surface area (Å²) in [6.45, 7) is 3.01. The number of rotatable bonds is 3. The lowest BCUT2D eigenvalue weighted by atomic mass is 10.1. The Morgan fingerprint density at radius 2 is 2.16 bits per heavy atom. The summed E-state index contributed by atoms with van der Waals surface area (Å²) in [7, 11) is 1.79. The Morgan fingerprint density at radius 1 is 1.37 bits per heavy atom. The van der Waals surface area contributed by atoms with Gasteiger partial charge in [0.05, 0.1) is 12.4 Å². The van der Waals surface area contributed by atoms with Crippen molar-refractivity contribution in [3.05, 3.63) is 30.0 Å². The number of ether oxygens (including phenoxy) is 1. The van der Waals surface area contributed by atoms with Gasteiger partial charge in [-0.1, -0.05) is 0 Å². The third-order valence-electron chi connectivity index (χ3n) is 3.90. The molecule has 1 saturated heterocycles. The van der Waals surface area contributed by atoms with E-state index in [0.29, 0.717) is 6.10 Å². The summed E-state index contributed by atoms with van der Waals surface area (Å²) in [5, 5.41) is 10.5. The maximum Gasteiger partial charge on any atom is 0.137 e. The molecule has 0 atom stereocenters. The van der Waals surface area contributed by atoms with Crippen LogP contribution in [0.2, 0.25) is 0 Å². The molecule has 0 spiro atoms. The number of furan rings is 1. The van der Waals surface area contributed by atoms with Crippen LogP contribution in [0.3, 0.4) is 0 Å². The molecule has 1 aromatic heterocycles. The van der Waals surface area contributed by atoms with Gasteiger partial charge in [0.25, 0.3) is 0 Å². The number of likely N-dealkylation sites (tertiary alicyclic amines) is 1. The maximum absolute atomic E-state index is 9.43. The summed E-state index contributed by atoms with van der Waals surface area (Å²) in [6, 6.07) is 5.29. The Hall–Kier alpha value is -1.52. The van der Waals surface area contributed by atoms with Crippen LogP contribution < -0.4 is 0 Å². The van der Waals surface area contributed by atoms with Crippen LogP contribution in [0.4, 0.5) is 0 Å². The number of benzene rings is 1. The number of piperidine rings is 1. The molecule has 1 fully saturated rings. The second kappa shape index (κ2) is 5.23. The zero-order valence-electron chi connectivity index (χ0n) is 11.1. The largest absolute Gasteiger partial charge is 0.508 e. The van der Waals surface area contributed by atoms with E-state index in [1.165, 1.54) is 5.56 Å². The summed E-state index contributed by atoms with van der Waals surface area (Å²) in [4.78, 5) is 2.42. The molecule has 0 radical (unpaired) electrons. The third-order valence-corrected chi connectivity index (χ3v) is 3.90. The predicted molar refractivity (Wildman–Crippen MR) is 73.2 cm³/mol. The van der Waals surface area contributed by atoms with Crippen LogP contribution in [0.15, 0.2) is 28.9 Å². The van der Waals surface area contributed by atoms with Crippen LogP contribution in [0, 0.1) is 0 Å². The number of hydrogen-bond acceptors (Lipinski definition) is 4. The van der Waals surface area contributed by atoms with E-state index < -0.39 is 0 Å². The number of hydrogen-bond donors (Lipinski definition) is 1. The van der Waals surface area contributed by atoms with E-state index in [1.54, 1.807) is 25.5 Å². The van der Waals surface area contributed by atoms with Gasteiger partial charge < -0.3 is 14.3 Å². The van der Waals surface area contributed by atoms with Crippen molar-refractivity contribution in [1.82, 2.24) is 4.90 Å². The second-order valence-corrected chi connectivity index (χ2v) is 5.15. The van der Waals surface area contributed by atoms with Crippen LogP contribution >= 0.6 is 0 Å². The van der Waals surface area contributed by atoms with E-state index in [2.05, 4.69) is 4.90 Å². The molecular weight excluding hydrogens is 242 g/mol. The molecule has 0 saturated carbocycles. The van der Waals surface area contributed by atoms with Gasteiger partial charge in [-0.3, -0.25) is 4.90 Å². The van der Waals surface area contributed by atoms with Crippen molar-refractivity contribution in [2.45, 2.75) is 25.5 Å². The van der Waals surface area contributed by atoms with Crippen molar-refractivity contribution in [2.75, 3.05) is 20.2 Å². The summed E-state index contributed by atoms with van der Waals surface area (Å²) < 4.78 is 10.9. The Labute approximate surface area is 112 Å². The lowest BCUT2D eigenvalue weighted by molar-refractivity contribution is 0.0389. The Bertz CT molecular complexity index is 556. The monoisotopic (exact) mass is 261 g/mol. The fourth-order valence-electron chi connectivity index (χ4n) is 2.74. The quantitative estimate of drug-likeness (QED) is 0.922. The van der Waals surface area contributed by atoms with E-state index in [1.807, 2.05) is 6.07 Å². The van der Waals surface area contributed by atoms with E-state index >= 15 is 0 Å². The average molecular weight is 261 g/mol. The van der Waals surface area contributed by atoms with Crippen LogP contribution in [-0.2, 0) is 11.3 Å². The van der Waals surface area contributed by atoms with E-state index in [4.69, 9.17) is 9.15 Å². The molecular formula is C15H19NO3. The lowest BCUT2D eigenvalue weighted by Gasteiger charge is -2.30. The Morgan fingerprint density at radius 3 is 2.89 bits per heavy atom. The summed E-state index contributed by atoms with van der Waals surface area (Å²) in [5.41, 5.74) is 1.94. The first-order chi connectivity index (χ1) is 9.26. The number of phenolic OH excluding ortho intramolecular Hbond substituents is 1. The van der Waals surface area contributed by atoms with Crippen LogP contribution in [-0.4, -0.2) is 36.3 Å². The molecule has 0 bridgehead atoms. The number of methoxy groups -OCH3 is 1. The number of nitrogens with zero attached hydrogens (tertiary/aromatic N) is 1. The van der Waals surface area contributed by atoms with E-state index in [-0.39, 0.29) is 5.75 Å². The SMILES string of the molecule is COC1CCN(Cc2coc3cc(O)ccc23)CC1. The highest BCUT2D eigenvalue weighted by atomic mass is 16.5. The van der Waals surface area contributed by atoms with Crippen molar-refractivity contribution >= 4 is 11.0 Å².